The van der Waals surface area contributed by atoms with Gasteiger partial charge in [-0.15, -0.1) is 6.58 Å². The van der Waals surface area contributed by atoms with Gasteiger partial charge in [0.05, 0.1) is 12.2 Å². The molecule has 0 radical (unpaired) electrons. The number of fused-ring (bicyclic) bond motifs is 1. The molecule has 25 heavy (non-hydrogen) atoms. The third-order valence-corrected chi connectivity index (χ3v) is 4.35. The molecule has 1 aliphatic heterocycles. The Bertz CT molecular complexity index is 792. The van der Waals surface area contributed by atoms with E-state index in [4.69, 9.17) is 9.47 Å². The highest BCUT2D eigenvalue weighted by atomic mass is 16.6. The molecule has 0 saturated carbocycles. The number of aliphatic hydroxyl groups is 1. The predicted molar refractivity (Wildman–Crippen MR) is 95.8 cm³/mol. The molecule has 130 valence electrons. The van der Waals surface area contributed by atoms with Crippen LogP contribution in [-0.2, 0) is 4.74 Å². The molecule has 0 aliphatic carbocycles. The van der Waals surface area contributed by atoms with Crippen LogP contribution in [0.5, 0.6) is 5.75 Å². The van der Waals surface area contributed by atoms with Crippen molar-refractivity contribution in [2.24, 2.45) is 0 Å². The fourth-order valence-electron chi connectivity index (χ4n) is 3.17. The summed E-state index contributed by atoms with van der Waals surface area (Å²) in [4.78, 5) is 12.2. The topological polar surface area (TPSA) is 55.8 Å². The van der Waals surface area contributed by atoms with E-state index in [1.807, 2.05) is 26.0 Å². The zero-order valence-corrected chi connectivity index (χ0v) is 14.5. The minimum absolute atomic E-state index is 0.374. The summed E-state index contributed by atoms with van der Waals surface area (Å²) < 4.78 is 11.0. The molecule has 0 bridgehead atoms. The highest BCUT2D eigenvalue weighted by molar-refractivity contribution is 5.95. The lowest BCUT2D eigenvalue weighted by Crippen LogP contribution is -2.11. The van der Waals surface area contributed by atoms with Crippen LogP contribution in [-0.4, -0.2) is 17.7 Å². The fraction of sp³-hybridized carbons (Fsp3) is 0.286. The smallest absolute Gasteiger partial charge is 0.339 e. The normalized spacial score (nSPS) is 16.9. The molecule has 0 amide bonds. The molecule has 4 nitrogen and oxygen atoms in total. The van der Waals surface area contributed by atoms with E-state index in [0.717, 1.165) is 28.9 Å². The van der Waals surface area contributed by atoms with Gasteiger partial charge in [-0.2, -0.15) is 0 Å². The second-order valence-corrected chi connectivity index (χ2v) is 6.31. The molecule has 2 aromatic carbocycles. The minimum Gasteiger partial charge on any atom is -0.493 e. The van der Waals surface area contributed by atoms with E-state index in [9.17, 15) is 9.90 Å². The lowest BCUT2D eigenvalue weighted by atomic mass is 9.93. The quantitative estimate of drug-likeness (QED) is 0.487. The summed E-state index contributed by atoms with van der Waals surface area (Å²) in [5, 5.41) is 10.7. The maximum absolute atomic E-state index is 12.2. The number of benzene rings is 2. The van der Waals surface area contributed by atoms with E-state index < -0.39 is 12.2 Å². The summed E-state index contributed by atoms with van der Waals surface area (Å²) in [5.74, 6) is 0.356. The minimum atomic E-state index is -0.923. The van der Waals surface area contributed by atoms with Crippen LogP contribution in [0.25, 0.3) is 0 Å². The zero-order chi connectivity index (χ0) is 18.0. The molecule has 4 heteroatoms. The van der Waals surface area contributed by atoms with Gasteiger partial charge in [0.1, 0.15) is 11.9 Å². The average molecular weight is 338 g/mol. The van der Waals surface area contributed by atoms with Crippen molar-refractivity contribution in [2.75, 3.05) is 6.61 Å². The van der Waals surface area contributed by atoms with Gasteiger partial charge in [-0.1, -0.05) is 35.9 Å². The van der Waals surface area contributed by atoms with Crippen molar-refractivity contribution >= 4 is 5.97 Å². The van der Waals surface area contributed by atoms with Gasteiger partial charge in [0, 0.05) is 5.56 Å². The van der Waals surface area contributed by atoms with E-state index in [1.165, 1.54) is 0 Å². The van der Waals surface area contributed by atoms with E-state index in [0.29, 0.717) is 17.7 Å². The Hall–Kier alpha value is -2.59. The molecule has 2 aromatic rings. The molecule has 1 aliphatic rings. The number of ether oxygens (including phenoxy) is 2. The van der Waals surface area contributed by atoms with Crippen LogP contribution in [0.4, 0.5) is 0 Å². The molecular weight excluding hydrogens is 316 g/mol. The van der Waals surface area contributed by atoms with Gasteiger partial charge in [0.2, 0.25) is 0 Å². The Morgan fingerprint density at radius 1 is 1.28 bits per heavy atom. The zero-order valence-electron chi connectivity index (χ0n) is 14.5. The van der Waals surface area contributed by atoms with Crippen molar-refractivity contribution in [2.45, 2.75) is 32.5 Å². The number of rotatable bonds is 6. The third-order valence-electron chi connectivity index (χ3n) is 4.35. The Balaban J connectivity index is 1.82. The number of aliphatic hydroxyl groups excluding tert-OH is 1. The van der Waals surface area contributed by atoms with Crippen molar-refractivity contribution in [3.05, 3.63) is 76.9 Å². The molecule has 2 unspecified atom stereocenters. The van der Waals surface area contributed by atoms with E-state index >= 15 is 0 Å². The summed E-state index contributed by atoms with van der Waals surface area (Å²) >= 11 is 0. The highest BCUT2D eigenvalue weighted by Crippen LogP contribution is 2.41. The van der Waals surface area contributed by atoms with Crippen molar-refractivity contribution in [3.8, 4) is 5.75 Å². The van der Waals surface area contributed by atoms with Crippen LogP contribution in [0, 0.1) is 13.8 Å². The molecule has 0 fully saturated rings. The lowest BCUT2D eigenvalue weighted by Gasteiger charge is -2.19. The fourth-order valence-corrected chi connectivity index (χ4v) is 3.17. The van der Waals surface area contributed by atoms with Crippen molar-refractivity contribution < 1.29 is 19.4 Å². The summed E-state index contributed by atoms with van der Waals surface area (Å²) in [7, 11) is 0. The van der Waals surface area contributed by atoms with Gasteiger partial charge < -0.3 is 14.6 Å². The Labute approximate surface area is 147 Å². The summed E-state index contributed by atoms with van der Waals surface area (Å²) in [6, 6.07) is 11.1. The summed E-state index contributed by atoms with van der Waals surface area (Å²) in [6.45, 7) is 8.08. The Kier molecular flexibility index (Phi) is 4.91. The number of carbonyl (C=O) groups is 1. The molecule has 3 rings (SSSR count). The number of carbonyl (C=O) groups excluding carboxylic acids is 1. The lowest BCUT2D eigenvalue weighted by molar-refractivity contribution is -0.0103. The van der Waals surface area contributed by atoms with Gasteiger partial charge in [0.25, 0.3) is 0 Å². The number of cyclic esters (lactones) is 1. The second-order valence-electron chi connectivity index (χ2n) is 6.31. The Morgan fingerprint density at radius 2 is 2.00 bits per heavy atom. The summed E-state index contributed by atoms with van der Waals surface area (Å²) in [5.41, 5.74) is 3.92. The first-order chi connectivity index (χ1) is 12.0. The summed E-state index contributed by atoms with van der Waals surface area (Å²) in [6.07, 6.45) is 0.966. The molecule has 0 spiro atoms. The first-order valence-corrected chi connectivity index (χ1v) is 8.35. The van der Waals surface area contributed by atoms with Gasteiger partial charge in [-0.3, -0.25) is 0 Å². The van der Waals surface area contributed by atoms with Crippen LogP contribution in [0.1, 0.15) is 51.2 Å². The van der Waals surface area contributed by atoms with Crippen LogP contribution in [0.3, 0.4) is 0 Å². The SMILES string of the molecule is C=CCCOc1ccc(C(O)C2OC(=O)c3c(C)cc(C)cc32)cc1. The van der Waals surface area contributed by atoms with Crippen LogP contribution in [0.2, 0.25) is 0 Å². The molecule has 1 N–H and O–H groups in total. The second kappa shape index (κ2) is 7.11. The average Bonchev–Trinajstić information content (AvgIpc) is 2.92. The van der Waals surface area contributed by atoms with Crippen LogP contribution < -0.4 is 4.74 Å². The monoisotopic (exact) mass is 338 g/mol. The van der Waals surface area contributed by atoms with E-state index in [-0.39, 0.29) is 5.97 Å². The first kappa shape index (κ1) is 17.2. The maximum atomic E-state index is 12.2. The predicted octanol–water partition coefficient (Wildman–Crippen LogP) is 4.20. The van der Waals surface area contributed by atoms with Gasteiger partial charge in [0.15, 0.2) is 6.10 Å². The van der Waals surface area contributed by atoms with Gasteiger partial charge in [-0.05, 0) is 43.5 Å². The number of esters is 1. The molecular formula is C21H22O4. The standard InChI is InChI=1S/C21H22O4/c1-4-5-10-24-16-8-6-15(7-9-16)19(22)20-17-12-13(2)11-14(3)18(17)21(23)25-20/h4,6-9,11-12,19-20,22H,1,5,10H2,2-3H3. The van der Waals surface area contributed by atoms with Gasteiger partial charge >= 0.3 is 5.97 Å². The molecule has 0 aromatic heterocycles. The molecule has 2 atom stereocenters. The molecule has 1 heterocycles. The van der Waals surface area contributed by atoms with E-state index in [1.54, 1.807) is 30.3 Å². The Morgan fingerprint density at radius 3 is 2.68 bits per heavy atom. The maximum Gasteiger partial charge on any atom is 0.339 e. The highest BCUT2D eigenvalue weighted by Gasteiger charge is 2.37. The third kappa shape index (κ3) is 3.44. The van der Waals surface area contributed by atoms with Crippen molar-refractivity contribution in [1.82, 2.24) is 0 Å². The van der Waals surface area contributed by atoms with Crippen molar-refractivity contribution in [3.63, 3.8) is 0 Å². The van der Waals surface area contributed by atoms with Crippen LogP contribution >= 0.6 is 0 Å². The van der Waals surface area contributed by atoms with E-state index in [2.05, 4.69) is 6.58 Å². The number of hydrogen-bond donors (Lipinski definition) is 1. The number of aryl methyl sites for hydroxylation is 2. The molecule has 0 saturated heterocycles. The first-order valence-electron chi connectivity index (χ1n) is 8.35. The van der Waals surface area contributed by atoms with Crippen molar-refractivity contribution in [1.29, 1.82) is 0 Å². The van der Waals surface area contributed by atoms with Crippen LogP contribution in [0.15, 0.2) is 49.1 Å². The van der Waals surface area contributed by atoms with Gasteiger partial charge in [-0.25, -0.2) is 4.79 Å². The largest absolute Gasteiger partial charge is 0.493 e. The number of hydrogen-bond acceptors (Lipinski definition) is 4.